The number of para-hydroxylation sites is 1. The summed E-state index contributed by atoms with van der Waals surface area (Å²) in [4.78, 5) is 0. The van der Waals surface area contributed by atoms with Gasteiger partial charge in [0.2, 0.25) is 0 Å². The fraction of sp³-hybridized carbons (Fsp3) is 0.350. The summed E-state index contributed by atoms with van der Waals surface area (Å²) in [6.45, 7) is 7.99. The summed E-state index contributed by atoms with van der Waals surface area (Å²) >= 11 is 0. The van der Waals surface area contributed by atoms with Crippen molar-refractivity contribution in [1.29, 1.82) is 0 Å². The second-order valence-corrected chi connectivity index (χ2v) is 7.69. The first kappa shape index (κ1) is 18.0. The lowest BCUT2D eigenvalue weighted by atomic mass is 9.78. The number of aromatic nitrogens is 1. The maximum atomic E-state index is 13.8. The van der Waals surface area contributed by atoms with E-state index < -0.39 is 18.3 Å². The Morgan fingerprint density at radius 1 is 1.04 bits per heavy atom. The average Bonchev–Trinajstić information content (AvgIpc) is 3.13. The van der Waals surface area contributed by atoms with Crippen LogP contribution in [0.3, 0.4) is 0 Å². The smallest absolute Gasteiger partial charge is 0.496 e. The molecule has 0 unspecified atom stereocenters. The molecule has 1 saturated heterocycles. The van der Waals surface area contributed by atoms with E-state index in [1.165, 1.54) is 19.2 Å². The number of benzene rings is 2. The third kappa shape index (κ3) is 2.82. The highest BCUT2D eigenvalue weighted by Gasteiger charge is 2.52. The highest BCUT2D eigenvalue weighted by molar-refractivity contribution is 6.64. The molecule has 140 valence electrons. The first-order valence-electron chi connectivity index (χ1n) is 8.81. The summed E-state index contributed by atoms with van der Waals surface area (Å²) in [5.74, 6) is 0.150. The van der Waals surface area contributed by atoms with Gasteiger partial charge in [-0.3, -0.25) is 0 Å². The van der Waals surface area contributed by atoms with Crippen LogP contribution in [0, 0.1) is 5.82 Å². The van der Waals surface area contributed by atoms with E-state index in [4.69, 9.17) is 18.6 Å². The summed E-state index contributed by atoms with van der Waals surface area (Å²) in [7, 11) is 0.961. The zero-order valence-electron chi connectivity index (χ0n) is 16.0. The number of ether oxygens (including phenoxy) is 1. The Hall–Kier alpha value is -2.38. The highest BCUT2D eigenvalue weighted by Crippen LogP contribution is 2.38. The average molecular weight is 369 g/mol. The van der Waals surface area contributed by atoms with E-state index in [9.17, 15) is 4.39 Å². The van der Waals surface area contributed by atoms with Crippen molar-refractivity contribution in [2.45, 2.75) is 38.9 Å². The number of nitrogens with zero attached hydrogens (tertiary/aromatic N) is 1. The van der Waals surface area contributed by atoms with Crippen molar-refractivity contribution in [2.75, 3.05) is 7.11 Å². The van der Waals surface area contributed by atoms with E-state index in [2.05, 4.69) is 5.16 Å². The number of hydrogen-bond donors (Lipinski definition) is 0. The van der Waals surface area contributed by atoms with Gasteiger partial charge in [-0.05, 0) is 52.0 Å². The van der Waals surface area contributed by atoms with Crippen molar-refractivity contribution < 1.29 is 23.0 Å². The Labute approximate surface area is 157 Å². The predicted octanol–water partition coefficient (Wildman–Crippen LogP) is 3.94. The standard InChI is InChI=1S/C20H21BFNO4/c1-19(2)20(3,4)27-21(26-19)15-8-6-7-13-17(23-25-18(13)15)14-11-12(22)9-10-16(14)24-5/h6-11H,1-5H3. The Kier molecular flexibility index (Phi) is 4.05. The monoisotopic (exact) mass is 369 g/mol. The normalized spacial score (nSPS) is 18.2. The molecule has 0 bridgehead atoms. The molecule has 5 nitrogen and oxygen atoms in total. The predicted molar refractivity (Wildman–Crippen MR) is 102 cm³/mol. The second-order valence-electron chi connectivity index (χ2n) is 7.69. The van der Waals surface area contributed by atoms with Gasteiger partial charge >= 0.3 is 7.12 Å². The van der Waals surface area contributed by atoms with Gasteiger partial charge in [0, 0.05) is 16.4 Å². The van der Waals surface area contributed by atoms with Crippen molar-refractivity contribution in [2.24, 2.45) is 0 Å². The zero-order valence-corrected chi connectivity index (χ0v) is 16.0. The maximum absolute atomic E-state index is 13.8. The van der Waals surface area contributed by atoms with Crippen LogP contribution in [0.15, 0.2) is 40.9 Å². The van der Waals surface area contributed by atoms with E-state index in [0.29, 0.717) is 22.6 Å². The number of methoxy groups -OCH3 is 1. The lowest BCUT2D eigenvalue weighted by molar-refractivity contribution is 0.00578. The third-order valence-corrected chi connectivity index (χ3v) is 5.45. The van der Waals surface area contributed by atoms with Gasteiger partial charge in [-0.2, -0.15) is 0 Å². The van der Waals surface area contributed by atoms with Gasteiger partial charge in [0.25, 0.3) is 0 Å². The van der Waals surface area contributed by atoms with Crippen molar-refractivity contribution in [1.82, 2.24) is 5.16 Å². The molecule has 0 amide bonds. The van der Waals surface area contributed by atoms with E-state index >= 15 is 0 Å². The molecule has 0 atom stereocenters. The van der Waals surface area contributed by atoms with Gasteiger partial charge in [-0.25, -0.2) is 4.39 Å². The molecule has 1 aromatic heterocycles. The first-order chi connectivity index (χ1) is 12.7. The number of halogens is 1. The SMILES string of the molecule is COc1ccc(F)cc1-c1noc2c(B3OC(C)(C)C(C)(C)O3)cccc12. The molecule has 0 saturated carbocycles. The fourth-order valence-electron chi connectivity index (χ4n) is 3.20. The molecule has 7 heteroatoms. The molecule has 3 aromatic rings. The van der Waals surface area contributed by atoms with Crippen molar-refractivity contribution in [3.05, 3.63) is 42.2 Å². The van der Waals surface area contributed by atoms with Crippen LogP contribution in [-0.4, -0.2) is 30.6 Å². The summed E-state index contributed by atoms with van der Waals surface area (Å²) in [6.07, 6.45) is 0. The van der Waals surface area contributed by atoms with E-state index in [0.717, 1.165) is 10.8 Å². The van der Waals surface area contributed by atoms with Gasteiger partial charge in [0.15, 0.2) is 5.58 Å². The Morgan fingerprint density at radius 2 is 1.74 bits per heavy atom. The molecule has 1 aliphatic heterocycles. The van der Waals surface area contributed by atoms with Gasteiger partial charge in [0.1, 0.15) is 17.3 Å². The molecular weight excluding hydrogens is 348 g/mol. The zero-order chi connectivity index (χ0) is 19.4. The molecule has 2 aromatic carbocycles. The van der Waals surface area contributed by atoms with Crippen LogP contribution >= 0.6 is 0 Å². The van der Waals surface area contributed by atoms with Crippen molar-refractivity contribution >= 4 is 23.6 Å². The van der Waals surface area contributed by atoms with Crippen LogP contribution < -0.4 is 10.2 Å². The van der Waals surface area contributed by atoms with Crippen LogP contribution in [-0.2, 0) is 9.31 Å². The maximum Gasteiger partial charge on any atom is 0.498 e. The van der Waals surface area contributed by atoms with Gasteiger partial charge < -0.3 is 18.6 Å². The molecule has 0 N–H and O–H groups in total. The van der Waals surface area contributed by atoms with E-state index in [1.54, 1.807) is 6.07 Å². The molecule has 0 spiro atoms. The minimum Gasteiger partial charge on any atom is -0.496 e. The number of rotatable bonds is 3. The molecule has 1 fully saturated rings. The molecular formula is C20H21BFNO4. The summed E-state index contributed by atoms with van der Waals surface area (Å²) in [5, 5.41) is 4.93. The van der Waals surface area contributed by atoms with Crippen molar-refractivity contribution in [3.8, 4) is 17.0 Å². The first-order valence-corrected chi connectivity index (χ1v) is 8.81. The van der Waals surface area contributed by atoms with Gasteiger partial charge in [0.05, 0.1) is 18.3 Å². The Balaban J connectivity index is 1.84. The van der Waals surface area contributed by atoms with Gasteiger partial charge in [-0.1, -0.05) is 17.3 Å². The van der Waals surface area contributed by atoms with Crippen LogP contribution in [0.25, 0.3) is 22.2 Å². The van der Waals surface area contributed by atoms with Crippen LogP contribution in [0.5, 0.6) is 5.75 Å². The van der Waals surface area contributed by atoms with E-state index in [1.807, 2.05) is 45.9 Å². The Morgan fingerprint density at radius 3 is 2.41 bits per heavy atom. The largest absolute Gasteiger partial charge is 0.498 e. The third-order valence-electron chi connectivity index (χ3n) is 5.45. The topological polar surface area (TPSA) is 53.7 Å². The minimum absolute atomic E-state index is 0.371. The van der Waals surface area contributed by atoms with Gasteiger partial charge in [-0.15, -0.1) is 0 Å². The second kappa shape index (κ2) is 6.07. The number of fused-ring (bicyclic) bond motifs is 1. The van der Waals surface area contributed by atoms with Crippen LogP contribution in [0.4, 0.5) is 4.39 Å². The lowest BCUT2D eigenvalue weighted by Crippen LogP contribution is -2.41. The van der Waals surface area contributed by atoms with E-state index in [-0.39, 0.29) is 5.82 Å². The molecule has 2 heterocycles. The fourth-order valence-corrected chi connectivity index (χ4v) is 3.20. The molecule has 0 aliphatic carbocycles. The molecule has 4 rings (SSSR count). The summed E-state index contributed by atoms with van der Waals surface area (Å²) in [6, 6.07) is 9.96. The van der Waals surface area contributed by atoms with Crippen LogP contribution in [0.2, 0.25) is 0 Å². The summed E-state index contributed by atoms with van der Waals surface area (Å²) < 4.78 is 37.1. The molecule has 1 aliphatic rings. The Bertz CT molecular complexity index is 998. The van der Waals surface area contributed by atoms with Crippen LogP contribution in [0.1, 0.15) is 27.7 Å². The minimum atomic E-state index is -0.575. The number of hydrogen-bond acceptors (Lipinski definition) is 5. The quantitative estimate of drug-likeness (QED) is 0.655. The highest BCUT2D eigenvalue weighted by atomic mass is 19.1. The molecule has 0 radical (unpaired) electrons. The summed E-state index contributed by atoms with van der Waals surface area (Å²) in [5.41, 5.74) is 1.42. The van der Waals surface area contributed by atoms with Crippen molar-refractivity contribution in [3.63, 3.8) is 0 Å². The molecule has 27 heavy (non-hydrogen) atoms. The lowest BCUT2D eigenvalue weighted by Gasteiger charge is -2.32.